The van der Waals surface area contributed by atoms with Gasteiger partial charge in [0.15, 0.2) is 0 Å². The average molecular weight is 414 g/mol. The molecule has 0 spiro atoms. The first-order valence-corrected chi connectivity index (χ1v) is 9.42. The summed E-state index contributed by atoms with van der Waals surface area (Å²) in [6, 6.07) is 14.9. The number of nitrogens with zero attached hydrogens (tertiary/aromatic N) is 4. The minimum absolute atomic E-state index is 0.0398. The van der Waals surface area contributed by atoms with Gasteiger partial charge in [-0.15, -0.1) is 10.2 Å². The number of carbonyl (C=O) groups is 1. The predicted molar refractivity (Wildman–Crippen MR) is 103 cm³/mol. The fourth-order valence-electron chi connectivity index (χ4n) is 3.22. The summed E-state index contributed by atoms with van der Waals surface area (Å²) in [4.78, 5) is 12.8. The molecule has 4 rings (SSSR count). The van der Waals surface area contributed by atoms with Crippen LogP contribution in [0.4, 0.5) is 8.78 Å². The molecule has 0 bridgehead atoms. The molecule has 0 saturated heterocycles. The molecule has 1 aliphatic rings. The Bertz CT molecular complexity index is 1030. The summed E-state index contributed by atoms with van der Waals surface area (Å²) in [5, 5.41) is 10.4. The first-order chi connectivity index (χ1) is 14.5. The Hall–Kier alpha value is -3.17. The third kappa shape index (κ3) is 4.22. The second kappa shape index (κ2) is 8.68. The molecule has 0 N–H and O–H groups in total. The fraction of sp³-hybridized carbons (Fsp3) is 0.286. The molecule has 0 unspecified atom stereocenters. The summed E-state index contributed by atoms with van der Waals surface area (Å²) in [6.45, 7) is 1.95. The molecule has 0 atom stereocenters. The molecule has 0 aliphatic carbocycles. The van der Waals surface area contributed by atoms with Crippen LogP contribution in [0.2, 0.25) is 0 Å². The molecule has 156 valence electrons. The van der Waals surface area contributed by atoms with Gasteiger partial charge in [0.05, 0.1) is 19.8 Å². The van der Waals surface area contributed by atoms with Gasteiger partial charge in [0.1, 0.15) is 0 Å². The topological polar surface area (TPSA) is 71.7 Å². The highest BCUT2D eigenvalue weighted by Gasteiger charge is 2.31. The van der Waals surface area contributed by atoms with E-state index >= 15 is 0 Å². The van der Waals surface area contributed by atoms with Gasteiger partial charge >= 0.3 is 6.43 Å². The lowest BCUT2D eigenvalue weighted by Crippen LogP contribution is -2.41. The van der Waals surface area contributed by atoms with Gasteiger partial charge < -0.3 is 9.15 Å². The van der Waals surface area contributed by atoms with E-state index in [1.165, 1.54) is 0 Å². The van der Waals surface area contributed by atoms with Crippen LogP contribution in [0.3, 0.4) is 0 Å². The van der Waals surface area contributed by atoms with Gasteiger partial charge in [-0.2, -0.15) is 8.78 Å². The number of halogens is 2. The van der Waals surface area contributed by atoms with Gasteiger partial charge in [-0.05, 0) is 23.3 Å². The van der Waals surface area contributed by atoms with Crippen LogP contribution in [0, 0.1) is 0 Å². The van der Waals surface area contributed by atoms with Gasteiger partial charge in [0.25, 0.3) is 11.8 Å². The Kier molecular flexibility index (Phi) is 5.82. The van der Waals surface area contributed by atoms with Crippen molar-refractivity contribution in [3.8, 4) is 11.5 Å². The molecule has 0 saturated carbocycles. The van der Waals surface area contributed by atoms with Crippen molar-refractivity contribution in [3.63, 3.8) is 0 Å². The molecular weight excluding hydrogens is 394 g/mol. The van der Waals surface area contributed by atoms with Crippen LogP contribution in [0.5, 0.6) is 0 Å². The first kappa shape index (κ1) is 20.1. The van der Waals surface area contributed by atoms with Crippen LogP contribution in [0.15, 0.2) is 52.9 Å². The number of rotatable bonds is 8. The maximum Gasteiger partial charge on any atom is 0.314 e. The van der Waals surface area contributed by atoms with E-state index in [0.717, 1.165) is 11.1 Å². The van der Waals surface area contributed by atoms with Gasteiger partial charge in [-0.3, -0.25) is 9.80 Å². The summed E-state index contributed by atoms with van der Waals surface area (Å²) < 4.78 is 36.0. The normalized spacial score (nSPS) is 13.5. The Labute approximate surface area is 171 Å². The molecule has 0 fully saturated rings. The molecule has 3 aromatic rings. The lowest BCUT2D eigenvalue weighted by molar-refractivity contribution is -0.0113. The average Bonchev–Trinajstić information content (AvgIpc) is 3.37. The number of likely N-dealkylation sites (N-methyl/N-ethyl adjacent to an activating group) is 1. The maximum absolute atomic E-state index is 12.8. The number of amides is 1. The second-order valence-corrected chi connectivity index (χ2v) is 6.90. The quantitative estimate of drug-likeness (QED) is 0.524. The van der Waals surface area contributed by atoms with Crippen molar-refractivity contribution in [1.82, 2.24) is 20.2 Å². The summed E-state index contributed by atoms with van der Waals surface area (Å²) in [5.41, 5.74) is 2.85. The van der Waals surface area contributed by atoms with Crippen molar-refractivity contribution in [2.75, 3.05) is 20.2 Å². The number of hydrogen-bond acceptors (Lipinski definition) is 6. The third-order valence-corrected chi connectivity index (χ3v) is 4.85. The van der Waals surface area contributed by atoms with Crippen LogP contribution in [-0.2, 0) is 17.9 Å². The summed E-state index contributed by atoms with van der Waals surface area (Å²) in [5.74, 6) is -0.957. The molecule has 1 aliphatic heterocycles. The van der Waals surface area contributed by atoms with E-state index in [2.05, 4.69) is 10.2 Å². The summed E-state index contributed by atoms with van der Waals surface area (Å²) in [7, 11) is 1.82. The summed E-state index contributed by atoms with van der Waals surface area (Å²) in [6.07, 6.45) is -2.84. The highest BCUT2D eigenvalue weighted by atomic mass is 19.3. The fourth-order valence-corrected chi connectivity index (χ4v) is 3.22. The van der Waals surface area contributed by atoms with E-state index < -0.39 is 12.3 Å². The standard InChI is InChI=1S/C21H20F2N4O3/c1-26(9-10-29-13-14-5-3-2-4-6-14)27-12-16-8-7-15(11-17(16)21(27)28)19-24-25-20(30-19)18(22)23/h2-8,11,18H,9-10,12-13H2,1H3. The maximum atomic E-state index is 12.8. The number of aromatic nitrogens is 2. The predicted octanol–water partition coefficient (Wildman–Crippen LogP) is 3.69. The lowest BCUT2D eigenvalue weighted by Gasteiger charge is -2.27. The highest BCUT2D eigenvalue weighted by molar-refractivity contribution is 5.99. The van der Waals surface area contributed by atoms with Crippen molar-refractivity contribution in [2.45, 2.75) is 19.6 Å². The molecule has 7 nitrogen and oxygen atoms in total. The number of fused-ring (bicyclic) bond motifs is 1. The number of hydrazine groups is 1. The number of ether oxygens (including phenoxy) is 1. The molecule has 2 aromatic carbocycles. The number of hydrogen-bond donors (Lipinski definition) is 0. The zero-order valence-corrected chi connectivity index (χ0v) is 16.3. The molecule has 1 amide bonds. The molecule has 2 heterocycles. The van der Waals surface area contributed by atoms with E-state index in [4.69, 9.17) is 9.15 Å². The Balaban J connectivity index is 1.37. The zero-order valence-electron chi connectivity index (χ0n) is 16.3. The van der Waals surface area contributed by atoms with Gasteiger partial charge in [-0.25, -0.2) is 5.01 Å². The first-order valence-electron chi connectivity index (χ1n) is 9.42. The van der Waals surface area contributed by atoms with Crippen LogP contribution in [0.25, 0.3) is 11.5 Å². The van der Waals surface area contributed by atoms with Gasteiger partial charge in [0, 0.05) is 24.7 Å². The molecular formula is C21H20F2N4O3. The van der Waals surface area contributed by atoms with E-state index in [1.54, 1.807) is 23.2 Å². The second-order valence-electron chi connectivity index (χ2n) is 6.90. The van der Waals surface area contributed by atoms with Gasteiger partial charge in [-0.1, -0.05) is 36.4 Å². The van der Waals surface area contributed by atoms with Crippen LogP contribution in [0.1, 0.15) is 33.8 Å². The number of carbonyl (C=O) groups excluding carboxylic acids is 1. The number of benzene rings is 2. The largest absolute Gasteiger partial charge is 0.415 e. The summed E-state index contributed by atoms with van der Waals surface area (Å²) >= 11 is 0. The molecule has 30 heavy (non-hydrogen) atoms. The smallest absolute Gasteiger partial charge is 0.314 e. The van der Waals surface area contributed by atoms with E-state index in [-0.39, 0.29) is 11.8 Å². The Morgan fingerprint density at radius 3 is 2.73 bits per heavy atom. The molecule has 0 radical (unpaired) electrons. The van der Waals surface area contributed by atoms with E-state index in [1.807, 2.05) is 42.4 Å². The minimum Gasteiger partial charge on any atom is -0.415 e. The van der Waals surface area contributed by atoms with Crippen molar-refractivity contribution in [1.29, 1.82) is 0 Å². The van der Waals surface area contributed by atoms with E-state index in [9.17, 15) is 13.6 Å². The molecule has 9 heteroatoms. The van der Waals surface area contributed by atoms with Crippen molar-refractivity contribution in [3.05, 3.63) is 71.1 Å². The minimum atomic E-state index is -2.84. The zero-order chi connectivity index (χ0) is 21.1. The van der Waals surface area contributed by atoms with E-state index in [0.29, 0.717) is 37.4 Å². The monoisotopic (exact) mass is 414 g/mol. The van der Waals surface area contributed by atoms with Gasteiger partial charge in [0.2, 0.25) is 5.89 Å². The lowest BCUT2D eigenvalue weighted by atomic mass is 10.1. The SMILES string of the molecule is CN(CCOCc1ccccc1)N1Cc2ccc(-c3nnc(C(F)F)o3)cc2C1=O. The van der Waals surface area contributed by atoms with Crippen molar-refractivity contribution < 1.29 is 22.7 Å². The number of alkyl halides is 2. The van der Waals surface area contributed by atoms with Crippen molar-refractivity contribution >= 4 is 5.91 Å². The van der Waals surface area contributed by atoms with Crippen LogP contribution in [-0.4, -0.2) is 46.3 Å². The third-order valence-electron chi connectivity index (χ3n) is 4.85. The van der Waals surface area contributed by atoms with Crippen LogP contribution < -0.4 is 0 Å². The van der Waals surface area contributed by atoms with Crippen molar-refractivity contribution in [2.24, 2.45) is 0 Å². The Morgan fingerprint density at radius 1 is 1.20 bits per heavy atom. The highest BCUT2D eigenvalue weighted by Crippen LogP contribution is 2.29. The Morgan fingerprint density at radius 2 is 2.00 bits per heavy atom. The van der Waals surface area contributed by atoms with Crippen LogP contribution >= 0.6 is 0 Å². The molecule has 1 aromatic heterocycles.